The van der Waals surface area contributed by atoms with Crippen molar-refractivity contribution < 1.29 is 22.8 Å². The number of hydrogen-bond acceptors (Lipinski definition) is 2. The zero-order valence-electron chi connectivity index (χ0n) is 25.9. The molecule has 2 aromatic carbocycles. The number of nitrogens with one attached hydrogen (secondary N) is 2. The molecule has 0 aromatic heterocycles. The predicted octanol–water partition coefficient (Wildman–Crippen LogP) is 8.96. The zero-order chi connectivity index (χ0) is 31.4. The van der Waals surface area contributed by atoms with Crippen molar-refractivity contribution in [3.05, 3.63) is 71.3 Å². The Labute approximate surface area is 260 Å². The number of carbonyl (C=O) groups is 2. The van der Waals surface area contributed by atoms with Crippen LogP contribution >= 0.6 is 0 Å². The first-order valence-corrected chi connectivity index (χ1v) is 16.2. The molecule has 0 bridgehead atoms. The third-order valence-electron chi connectivity index (χ3n) is 8.71. The largest absolute Gasteiger partial charge is 0.416 e. The Morgan fingerprint density at radius 1 is 0.955 bits per heavy atom. The first-order chi connectivity index (χ1) is 21.2. The van der Waals surface area contributed by atoms with Crippen molar-refractivity contribution in [3.63, 3.8) is 0 Å². The summed E-state index contributed by atoms with van der Waals surface area (Å²) in [6.45, 7) is 4.32. The fourth-order valence-corrected chi connectivity index (χ4v) is 6.17. The molecular formula is C35H47F3N4O2. The normalized spacial score (nSPS) is 16.9. The van der Waals surface area contributed by atoms with Gasteiger partial charge >= 0.3 is 18.2 Å². The second kappa shape index (κ2) is 16.5. The quantitative estimate of drug-likeness (QED) is 0.249. The van der Waals surface area contributed by atoms with E-state index in [1.54, 1.807) is 4.90 Å². The molecule has 1 saturated heterocycles. The maximum absolute atomic E-state index is 13.7. The van der Waals surface area contributed by atoms with Gasteiger partial charge in [-0.05, 0) is 68.2 Å². The number of likely N-dealkylation sites (tertiary alicyclic amines) is 1. The highest BCUT2D eigenvalue weighted by Crippen LogP contribution is 2.31. The molecular weight excluding hydrogens is 565 g/mol. The zero-order valence-corrected chi connectivity index (χ0v) is 25.9. The van der Waals surface area contributed by atoms with Crippen LogP contribution < -0.4 is 10.6 Å². The molecule has 1 aliphatic carbocycles. The molecule has 0 atom stereocenters. The van der Waals surface area contributed by atoms with Gasteiger partial charge in [-0.2, -0.15) is 13.2 Å². The van der Waals surface area contributed by atoms with Crippen LogP contribution in [0.4, 0.5) is 28.4 Å². The molecule has 1 saturated carbocycles. The van der Waals surface area contributed by atoms with Gasteiger partial charge in [-0.15, -0.1) is 0 Å². The van der Waals surface area contributed by atoms with Crippen LogP contribution in [0.15, 0.2) is 60.2 Å². The van der Waals surface area contributed by atoms with Crippen LogP contribution in [0.25, 0.3) is 6.08 Å². The number of hydrogen-bond donors (Lipinski definition) is 2. The van der Waals surface area contributed by atoms with Gasteiger partial charge < -0.3 is 20.4 Å². The molecule has 1 heterocycles. The molecule has 2 aromatic rings. The lowest BCUT2D eigenvalue weighted by Gasteiger charge is -2.36. The lowest BCUT2D eigenvalue weighted by molar-refractivity contribution is -0.137. The third kappa shape index (κ3) is 10.6. The summed E-state index contributed by atoms with van der Waals surface area (Å²) in [4.78, 5) is 30.2. The molecule has 1 aliphatic heterocycles. The summed E-state index contributed by atoms with van der Waals surface area (Å²) in [7, 11) is 0. The van der Waals surface area contributed by atoms with Crippen molar-refractivity contribution in [2.24, 2.45) is 5.92 Å². The molecule has 240 valence electrons. The van der Waals surface area contributed by atoms with Gasteiger partial charge in [0.1, 0.15) is 0 Å². The minimum absolute atomic E-state index is 0.0175. The number of anilines is 1. The van der Waals surface area contributed by atoms with Gasteiger partial charge in [-0.3, -0.25) is 0 Å². The van der Waals surface area contributed by atoms with Crippen molar-refractivity contribution in [2.75, 3.05) is 31.5 Å². The molecule has 44 heavy (non-hydrogen) atoms. The van der Waals surface area contributed by atoms with E-state index in [4.69, 9.17) is 0 Å². The second-order valence-corrected chi connectivity index (χ2v) is 12.3. The molecule has 2 N–H and O–H groups in total. The minimum atomic E-state index is -4.47. The Morgan fingerprint density at radius 2 is 1.68 bits per heavy atom. The minimum Gasteiger partial charge on any atom is -0.335 e. The monoisotopic (exact) mass is 612 g/mol. The molecule has 0 radical (unpaired) electrons. The van der Waals surface area contributed by atoms with E-state index in [9.17, 15) is 22.8 Å². The number of benzene rings is 2. The average Bonchev–Trinajstić information content (AvgIpc) is 3.02. The summed E-state index contributed by atoms with van der Waals surface area (Å²) >= 11 is 0. The van der Waals surface area contributed by atoms with Crippen molar-refractivity contribution >= 4 is 23.8 Å². The maximum Gasteiger partial charge on any atom is 0.416 e. The van der Waals surface area contributed by atoms with E-state index >= 15 is 0 Å². The number of nitrogens with zero attached hydrogens (tertiary/aromatic N) is 2. The number of amides is 4. The molecule has 4 amide bonds. The van der Waals surface area contributed by atoms with Crippen molar-refractivity contribution in [3.8, 4) is 0 Å². The first-order valence-electron chi connectivity index (χ1n) is 16.2. The van der Waals surface area contributed by atoms with Crippen molar-refractivity contribution in [1.29, 1.82) is 0 Å². The Morgan fingerprint density at radius 3 is 2.36 bits per heavy atom. The fourth-order valence-electron chi connectivity index (χ4n) is 6.17. The summed E-state index contributed by atoms with van der Waals surface area (Å²) in [5.41, 5.74) is 1.70. The van der Waals surface area contributed by atoms with Crippen LogP contribution in [0.1, 0.15) is 88.7 Å². The number of rotatable bonds is 11. The highest BCUT2D eigenvalue weighted by atomic mass is 19.4. The number of alkyl halides is 3. The van der Waals surface area contributed by atoms with E-state index < -0.39 is 17.8 Å². The maximum atomic E-state index is 13.7. The summed E-state index contributed by atoms with van der Waals surface area (Å²) in [6.07, 6.45) is 9.00. The third-order valence-corrected chi connectivity index (χ3v) is 8.71. The van der Waals surface area contributed by atoms with Crippen molar-refractivity contribution in [2.45, 2.75) is 89.8 Å². The molecule has 6 nitrogen and oxygen atoms in total. The molecule has 9 heteroatoms. The van der Waals surface area contributed by atoms with Crippen LogP contribution in [0.2, 0.25) is 0 Å². The topological polar surface area (TPSA) is 64.7 Å². The van der Waals surface area contributed by atoms with Crippen LogP contribution in [0.3, 0.4) is 0 Å². The van der Waals surface area contributed by atoms with E-state index in [1.807, 2.05) is 23.1 Å². The number of carbonyl (C=O) groups excluding carboxylic acids is 2. The predicted molar refractivity (Wildman–Crippen MR) is 170 cm³/mol. The van der Waals surface area contributed by atoms with Crippen molar-refractivity contribution in [1.82, 2.24) is 15.1 Å². The SMILES string of the molecule is CCCCCC(=Cc1ccccc1)CN(CC1CCN(C(=O)Nc2cccc(C(F)(F)F)c2)CC1)C(=O)NC1CCCCC1. The number of piperidine rings is 1. The number of unbranched alkanes of at least 4 members (excludes halogenated alkanes) is 2. The summed E-state index contributed by atoms with van der Waals surface area (Å²) in [5, 5.41) is 5.94. The molecule has 2 fully saturated rings. The van der Waals surface area contributed by atoms with Crippen LogP contribution in [-0.4, -0.2) is 54.1 Å². The Hall–Kier alpha value is -3.49. The number of halogens is 3. The van der Waals surface area contributed by atoms with E-state index in [0.717, 1.165) is 81.9 Å². The summed E-state index contributed by atoms with van der Waals surface area (Å²) in [6, 6.07) is 14.7. The first kappa shape index (κ1) is 33.4. The van der Waals surface area contributed by atoms with Gasteiger partial charge in [0.05, 0.1) is 5.56 Å². The van der Waals surface area contributed by atoms with Crippen LogP contribution in [0, 0.1) is 5.92 Å². The lowest BCUT2D eigenvalue weighted by atomic mass is 9.95. The molecule has 2 aliphatic rings. The van der Waals surface area contributed by atoms with Crippen LogP contribution in [0.5, 0.6) is 0 Å². The van der Waals surface area contributed by atoms with E-state index in [-0.39, 0.29) is 23.7 Å². The Balaban J connectivity index is 1.40. The van der Waals surface area contributed by atoms with Gasteiger partial charge in [-0.1, -0.05) is 87.1 Å². The van der Waals surface area contributed by atoms with Gasteiger partial charge in [0.2, 0.25) is 0 Å². The van der Waals surface area contributed by atoms with Gasteiger partial charge in [0.15, 0.2) is 0 Å². The van der Waals surface area contributed by atoms with E-state index in [0.29, 0.717) is 26.2 Å². The van der Waals surface area contributed by atoms with Gasteiger partial charge in [0.25, 0.3) is 0 Å². The molecule has 4 rings (SSSR count). The Bertz CT molecular complexity index is 1220. The van der Waals surface area contributed by atoms with Gasteiger partial charge in [0, 0.05) is 37.9 Å². The second-order valence-electron chi connectivity index (χ2n) is 12.3. The summed E-state index contributed by atoms with van der Waals surface area (Å²) in [5.74, 6) is 0.221. The lowest BCUT2D eigenvalue weighted by Crippen LogP contribution is -2.49. The Kier molecular flexibility index (Phi) is 12.6. The average molecular weight is 613 g/mol. The van der Waals surface area contributed by atoms with Gasteiger partial charge in [-0.25, -0.2) is 9.59 Å². The number of urea groups is 2. The highest BCUT2D eigenvalue weighted by Gasteiger charge is 2.31. The standard InChI is InChI=1S/C35H47F3N4O2/c1-2-3-6-14-29(23-27-12-7-4-8-13-27)26-42(34(44)39-31-16-9-5-10-17-31)25-28-19-21-41(22-20-28)33(43)40-32-18-11-15-30(24-32)35(36,37)38/h4,7-8,11-13,15,18,23-24,28,31H,2-3,5-6,9-10,14,16-17,19-22,25-26H2,1H3,(H,39,44)(H,40,43). The fraction of sp³-hybridized carbons (Fsp3) is 0.543. The molecule has 0 unspecified atom stereocenters. The van der Waals surface area contributed by atoms with Crippen LogP contribution in [-0.2, 0) is 6.18 Å². The van der Waals surface area contributed by atoms with E-state index in [1.165, 1.54) is 24.1 Å². The molecule has 0 spiro atoms. The van der Waals surface area contributed by atoms with E-state index in [2.05, 4.69) is 35.8 Å². The summed E-state index contributed by atoms with van der Waals surface area (Å²) < 4.78 is 39.3. The highest BCUT2D eigenvalue weighted by molar-refractivity contribution is 5.89. The smallest absolute Gasteiger partial charge is 0.335 e.